The maximum absolute atomic E-state index is 14.5. The maximum Gasteiger partial charge on any atom is 0.410 e. The summed E-state index contributed by atoms with van der Waals surface area (Å²) in [6, 6.07) is 2.75. The lowest BCUT2D eigenvalue weighted by molar-refractivity contribution is 0.00977. The summed E-state index contributed by atoms with van der Waals surface area (Å²) in [5.74, 6) is 0.874. The number of aromatic nitrogens is 1. The Balaban J connectivity index is 1.53. The Kier molecular flexibility index (Phi) is 4.83. The molecule has 3 heterocycles. The summed E-state index contributed by atoms with van der Waals surface area (Å²) in [6.45, 7) is 6.20. The zero-order valence-corrected chi connectivity index (χ0v) is 17.0. The van der Waals surface area contributed by atoms with E-state index in [1.165, 1.54) is 16.2 Å². The molecule has 0 saturated carbocycles. The molecule has 2 aliphatic rings. The summed E-state index contributed by atoms with van der Waals surface area (Å²) in [5.41, 5.74) is 7.46. The molecule has 1 fully saturated rings. The molecule has 2 aliphatic heterocycles. The van der Waals surface area contributed by atoms with Gasteiger partial charge in [0.25, 0.3) is 0 Å². The van der Waals surface area contributed by atoms with Crippen molar-refractivity contribution in [3.63, 3.8) is 0 Å². The number of nitrogens with zero attached hydrogens (tertiary/aromatic N) is 2. The lowest BCUT2D eigenvalue weighted by Gasteiger charge is -2.39. The first-order chi connectivity index (χ1) is 13.2. The van der Waals surface area contributed by atoms with Gasteiger partial charge in [-0.3, -0.25) is 0 Å². The van der Waals surface area contributed by atoms with Crippen LogP contribution in [0, 0.1) is 0 Å². The Labute approximate surface area is 167 Å². The zero-order chi connectivity index (χ0) is 20.1. The Bertz CT molecular complexity index is 897. The monoisotopic (exact) mass is 408 g/mol. The number of ether oxygens (including phenoxy) is 2. The molecule has 2 aromatic rings. The zero-order valence-electron chi connectivity index (χ0n) is 16.2. The summed E-state index contributed by atoms with van der Waals surface area (Å²) in [4.78, 5) is 18.4. The third-order valence-electron chi connectivity index (χ3n) is 4.89. The van der Waals surface area contributed by atoms with Gasteiger partial charge >= 0.3 is 6.09 Å². The predicted molar refractivity (Wildman–Crippen MR) is 107 cm³/mol. The van der Waals surface area contributed by atoms with E-state index in [2.05, 4.69) is 10.3 Å². The second-order valence-corrected chi connectivity index (χ2v) is 9.27. The Morgan fingerprint density at radius 2 is 2.21 bits per heavy atom. The van der Waals surface area contributed by atoms with Crippen molar-refractivity contribution in [3.8, 4) is 5.75 Å². The summed E-state index contributed by atoms with van der Waals surface area (Å²) in [7, 11) is 0. The van der Waals surface area contributed by atoms with Crippen LogP contribution >= 0.6 is 11.3 Å². The van der Waals surface area contributed by atoms with Gasteiger partial charge in [-0.1, -0.05) is 11.3 Å². The fourth-order valence-electron chi connectivity index (χ4n) is 3.53. The van der Waals surface area contributed by atoms with Gasteiger partial charge in [0.1, 0.15) is 17.5 Å². The molecule has 3 atom stereocenters. The molecule has 4 rings (SSSR count). The van der Waals surface area contributed by atoms with Gasteiger partial charge in [0.15, 0.2) is 5.13 Å². The van der Waals surface area contributed by atoms with Crippen LogP contribution in [0.4, 0.5) is 14.3 Å². The number of piperidine rings is 1. The molecule has 0 aliphatic carbocycles. The van der Waals surface area contributed by atoms with Gasteiger partial charge in [-0.25, -0.2) is 14.2 Å². The number of carbonyl (C=O) groups is 1. The van der Waals surface area contributed by atoms with Gasteiger partial charge in [0.2, 0.25) is 0 Å². The van der Waals surface area contributed by atoms with Crippen molar-refractivity contribution < 1.29 is 18.7 Å². The lowest BCUT2D eigenvalue weighted by atomic mass is 9.99. The van der Waals surface area contributed by atoms with Gasteiger partial charge in [0, 0.05) is 18.5 Å². The fraction of sp³-hybridized carbons (Fsp3) is 0.579. The molecule has 152 valence electrons. The quantitative estimate of drug-likeness (QED) is 0.794. The topological polar surface area (TPSA) is 89.7 Å². The number of carbonyl (C=O) groups excluding carboxylic acids is 1. The van der Waals surface area contributed by atoms with Crippen LogP contribution in [-0.4, -0.2) is 59.5 Å². The number of likely N-dealkylation sites (tertiary alicyclic amines) is 1. The Morgan fingerprint density at radius 3 is 2.96 bits per heavy atom. The molecule has 7 nitrogen and oxygen atoms in total. The smallest absolute Gasteiger partial charge is 0.410 e. The van der Waals surface area contributed by atoms with Crippen molar-refractivity contribution in [1.29, 1.82) is 0 Å². The number of hydrogen-bond donors (Lipinski definition) is 2. The van der Waals surface area contributed by atoms with Gasteiger partial charge in [0.05, 0.1) is 35.5 Å². The van der Waals surface area contributed by atoms with E-state index in [-0.39, 0.29) is 13.1 Å². The van der Waals surface area contributed by atoms with Crippen LogP contribution in [0.3, 0.4) is 0 Å². The molecule has 0 unspecified atom stereocenters. The highest BCUT2D eigenvalue weighted by Crippen LogP contribution is 2.36. The van der Waals surface area contributed by atoms with E-state index < -0.39 is 29.9 Å². The standard InChI is InChI=1S/C19H25FN4O3S/c1-19(2,3)27-18(25)24-8-11(20)15(21)12(9-24)22-17-23-16-10-6-7-26-13(10)4-5-14(16)28-17/h4-5,11-12,15H,6-9,21H2,1-3H3,(H,22,23)/t11-,12-,15+/m1/s1. The third-order valence-corrected chi connectivity index (χ3v) is 5.84. The highest BCUT2D eigenvalue weighted by Gasteiger charge is 2.38. The minimum atomic E-state index is -1.34. The van der Waals surface area contributed by atoms with Crippen LogP contribution in [0.15, 0.2) is 12.1 Å². The summed E-state index contributed by atoms with van der Waals surface area (Å²) in [5, 5.41) is 3.90. The van der Waals surface area contributed by atoms with Crippen molar-refractivity contribution >= 4 is 32.8 Å². The second-order valence-electron chi connectivity index (χ2n) is 8.24. The first-order valence-electron chi connectivity index (χ1n) is 9.40. The number of fused-ring (bicyclic) bond motifs is 3. The molecule has 28 heavy (non-hydrogen) atoms. The molecular weight excluding hydrogens is 383 g/mol. The molecule has 1 amide bonds. The van der Waals surface area contributed by atoms with Crippen LogP contribution in [0.1, 0.15) is 26.3 Å². The fourth-order valence-corrected chi connectivity index (χ4v) is 4.48. The van der Waals surface area contributed by atoms with Gasteiger partial charge < -0.3 is 25.4 Å². The normalized spacial score (nSPS) is 24.8. The molecular formula is C19H25FN4O3S. The third kappa shape index (κ3) is 3.73. The molecule has 0 bridgehead atoms. The number of rotatable bonds is 2. The van der Waals surface area contributed by atoms with E-state index >= 15 is 0 Å². The van der Waals surface area contributed by atoms with Gasteiger partial charge in [-0.05, 0) is 32.9 Å². The molecule has 0 spiro atoms. The van der Waals surface area contributed by atoms with Crippen molar-refractivity contribution in [2.45, 2.75) is 51.0 Å². The van der Waals surface area contributed by atoms with Crippen LogP contribution in [-0.2, 0) is 11.2 Å². The highest BCUT2D eigenvalue weighted by atomic mass is 32.1. The first-order valence-corrected chi connectivity index (χ1v) is 10.2. The molecule has 3 N–H and O–H groups in total. The Hall–Kier alpha value is -2.13. The van der Waals surface area contributed by atoms with Crippen molar-refractivity contribution in [2.24, 2.45) is 5.73 Å². The van der Waals surface area contributed by atoms with E-state index in [0.717, 1.165) is 28.0 Å². The SMILES string of the molecule is CC(C)(C)OC(=O)N1C[C@@H](F)[C@H](N)[C@H](Nc2nc3c4c(ccc3s2)OCC4)C1. The average molecular weight is 408 g/mol. The number of anilines is 1. The molecule has 1 aromatic heterocycles. The predicted octanol–water partition coefficient (Wildman–Crippen LogP) is 2.93. The molecule has 9 heteroatoms. The van der Waals surface area contributed by atoms with Crippen LogP contribution in [0.25, 0.3) is 10.2 Å². The van der Waals surface area contributed by atoms with Crippen molar-refractivity contribution in [1.82, 2.24) is 9.88 Å². The number of halogens is 1. The number of hydrogen-bond acceptors (Lipinski definition) is 7. The van der Waals surface area contributed by atoms with E-state index in [9.17, 15) is 9.18 Å². The van der Waals surface area contributed by atoms with Crippen LogP contribution in [0.2, 0.25) is 0 Å². The van der Waals surface area contributed by atoms with E-state index in [4.69, 9.17) is 15.2 Å². The summed E-state index contributed by atoms with van der Waals surface area (Å²) >= 11 is 1.49. The number of amides is 1. The average Bonchev–Trinajstić information content (AvgIpc) is 3.22. The number of nitrogens with two attached hydrogens (primary N) is 1. The Morgan fingerprint density at radius 1 is 1.43 bits per heavy atom. The number of benzene rings is 1. The van der Waals surface area contributed by atoms with E-state index in [1.807, 2.05) is 12.1 Å². The van der Waals surface area contributed by atoms with Crippen LogP contribution in [0.5, 0.6) is 5.75 Å². The van der Waals surface area contributed by atoms with Crippen molar-refractivity contribution in [2.75, 3.05) is 25.0 Å². The second kappa shape index (κ2) is 7.04. The van der Waals surface area contributed by atoms with Gasteiger partial charge in [-0.2, -0.15) is 0 Å². The number of nitrogens with one attached hydrogen (secondary N) is 1. The molecule has 0 radical (unpaired) electrons. The number of thiazole rings is 1. The van der Waals surface area contributed by atoms with Crippen LogP contribution < -0.4 is 15.8 Å². The summed E-state index contributed by atoms with van der Waals surface area (Å²) < 4.78 is 26.5. The first kappa shape index (κ1) is 19.2. The van der Waals surface area contributed by atoms with Gasteiger partial charge in [-0.15, -0.1) is 0 Å². The largest absolute Gasteiger partial charge is 0.493 e. The van der Waals surface area contributed by atoms with Crippen molar-refractivity contribution in [3.05, 3.63) is 17.7 Å². The molecule has 1 saturated heterocycles. The number of alkyl halides is 1. The van der Waals surface area contributed by atoms with E-state index in [0.29, 0.717) is 11.7 Å². The molecule has 1 aromatic carbocycles. The summed E-state index contributed by atoms with van der Waals surface area (Å²) in [6.07, 6.45) is -1.04. The highest BCUT2D eigenvalue weighted by molar-refractivity contribution is 7.22. The maximum atomic E-state index is 14.5. The minimum absolute atomic E-state index is 0.0705. The minimum Gasteiger partial charge on any atom is -0.493 e. The van der Waals surface area contributed by atoms with E-state index in [1.54, 1.807) is 20.8 Å². The lowest BCUT2D eigenvalue weighted by Crippen LogP contribution is -2.61.